The number of aryl methyl sites for hydroxylation is 1. The molecular formula is C18H23N3. The standard InChI is InChI=1S/C18H23N3/c1-15-2-4-16(5-3-15)14-20-17-6-8-18(9-7-17)21-12-10-19-11-13-21/h2-9,19-20H,10-14H2,1H3. The Hall–Kier alpha value is -2.00. The van der Waals surface area contributed by atoms with Crippen molar-refractivity contribution in [2.75, 3.05) is 36.4 Å². The van der Waals surface area contributed by atoms with Crippen LogP contribution in [0.15, 0.2) is 48.5 Å². The van der Waals surface area contributed by atoms with Crippen LogP contribution in [0.1, 0.15) is 11.1 Å². The molecule has 3 heteroatoms. The van der Waals surface area contributed by atoms with Crippen molar-refractivity contribution in [3.8, 4) is 0 Å². The van der Waals surface area contributed by atoms with E-state index < -0.39 is 0 Å². The van der Waals surface area contributed by atoms with Gasteiger partial charge in [-0.3, -0.25) is 0 Å². The van der Waals surface area contributed by atoms with E-state index in [1.54, 1.807) is 0 Å². The summed E-state index contributed by atoms with van der Waals surface area (Å²) in [5.41, 5.74) is 5.11. The summed E-state index contributed by atoms with van der Waals surface area (Å²) in [5, 5.41) is 6.86. The average molecular weight is 281 g/mol. The van der Waals surface area contributed by atoms with Gasteiger partial charge in [-0.2, -0.15) is 0 Å². The summed E-state index contributed by atoms with van der Waals surface area (Å²) in [7, 11) is 0. The van der Waals surface area contributed by atoms with Crippen LogP contribution in [-0.2, 0) is 6.54 Å². The number of hydrogen-bond acceptors (Lipinski definition) is 3. The molecule has 2 aromatic rings. The van der Waals surface area contributed by atoms with Gasteiger partial charge >= 0.3 is 0 Å². The lowest BCUT2D eigenvalue weighted by atomic mass is 10.1. The van der Waals surface area contributed by atoms with Crippen LogP contribution in [0.2, 0.25) is 0 Å². The summed E-state index contributed by atoms with van der Waals surface area (Å²) in [5.74, 6) is 0. The maximum Gasteiger partial charge on any atom is 0.0400 e. The smallest absolute Gasteiger partial charge is 0.0400 e. The van der Waals surface area contributed by atoms with E-state index in [4.69, 9.17) is 0 Å². The Kier molecular flexibility index (Phi) is 4.41. The first-order valence-corrected chi connectivity index (χ1v) is 7.66. The van der Waals surface area contributed by atoms with Gasteiger partial charge in [0.25, 0.3) is 0 Å². The summed E-state index contributed by atoms with van der Waals surface area (Å²) in [4.78, 5) is 2.43. The molecule has 0 bridgehead atoms. The third-order valence-electron chi connectivity index (χ3n) is 3.97. The largest absolute Gasteiger partial charge is 0.381 e. The fourth-order valence-electron chi connectivity index (χ4n) is 2.62. The highest BCUT2D eigenvalue weighted by Crippen LogP contribution is 2.19. The monoisotopic (exact) mass is 281 g/mol. The molecule has 3 nitrogen and oxygen atoms in total. The molecule has 0 atom stereocenters. The van der Waals surface area contributed by atoms with E-state index in [1.165, 1.54) is 22.5 Å². The molecule has 0 spiro atoms. The lowest BCUT2D eigenvalue weighted by Gasteiger charge is -2.29. The SMILES string of the molecule is Cc1ccc(CNc2ccc(N3CCNCC3)cc2)cc1. The predicted octanol–water partition coefficient (Wildman–Crippen LogP) is 3.02. The van der Waals surface area contributed by atoms with E-state index in [0.717, 1.165) is 32.7 Å². The summed E-state index contributed by atoms with van der Waals surface area (Å²) >= 11 is 0. The molecule has 1 aliphatic heterocycles. The van der Waals surface area contributed by atoms with E-state index in [2.05, 4.69) is 71.0 Å². The van der Waals surface area contributed by atoms with Gasteiger partial charge in [-0.1, -0.05) is 29.8 Å². The molecule has 0 unspecified atom stereocenters. The van der Waals surface area contributed by atoms with Crippen molar-refractivity contribution in [1.29, 1.82) is 0 Å². The molecular weight excluding hydrogens is 258 g/mol. The molecule has 21 heavy (non-hydrogen) atoms. The first-order valence-electron chi connectivity index (χ1n) is 7.66. The Bertz CT molecular complexity index is 554. The maximum atomic E-state index is 3.48. The second kappa shape index (κ2) is 6.64. The van der Waals surface area contributed by atoms with Gasteiger partial charge in [0.2, 0.25) is 0 Å². The molecule has 2 aromatic carbocycles. The molecule has 3 rings (SSSR count). The van der Waals surface area contributed by atoms with E-state index in [1.807, 2.05) is 0 Å². The number of nitrogens with zero attached hydrogens (tertiary/aromatic N) is 1. The molecule has 1 aliphatic rings. The minimum absolute atomic E-state index is 0.868. The van der Waals surface area contributed by atoms with Gasteiger partial charge in [-0.15, -0.1) is 0 Å². The minimum Gasteiger partial charge on any atom is -0.381 e. The molecule has 1 fully saturated rings. The first-order chi connectivity index (χ1) is 10.3. The zero-order valence-electron chi connectivity index (χ0n) is 12.6. The molecule has 1 saturated heterocycles. The van der Waals surface area contributed by atoms with Crippen LogP contribution in [0.5, 0.6) is 0 Å². The summed E-state index contributed by atoms with van der Waals surface area (Å²) < 4.78 is 0. The van der Waals surface area contributed by atoms with E-state index in [9.17, 15) is 0 Å². The number of rotatable bonds is 4. The Morgan fingerprint density at radius 1 is 0.952 bits per heavy atom. The van der Waals surface area contributed by atoms with Crippen molar-refractivity contribution in [2.24, 2.45) is 0 Å². The molecule has 0 aliphatic carbocycles. The predicted molar refractivity (Wildman–Crippen MR) is 90.0 cm³/mol. The average Bonchev–Trinajstić information content (AvgIpc) is 2.56. The number of hydrogen-bond donors (Lipinski definition) is 2. The second-order valence-corrected chi connectivity index (χ2v) is 5.62. The van der Waals surface area contributed by atoms with E-state index in [0.29, 0.717) is 0 Å². The number of anilines is 2. The summed E-state index contributed by atoms with van der Waals surface area (Å²) in [6.45, 7) is 7.33. The maximum absolute atomic E-state index is 3.48. The van der Waals surface area contributed by atoms with Crippen molar-refractivity contribution in [3.63, 3.8) is 0 Å². The van der Waals surface area contributed by atoms with E-state index >= 15 is 0 Å². The second-order valence-electron chi connectivity index (χ2n) is 5.62. The fourth-order valence-corrected chi connectivity index (χ4v) is 2.62. The quantitative estimate of drug-likeness (QED) is 0.902. The van der Waals surface area contributed by atoms with Crippen LogP contribution < -0.4 is 15.5 Å². The number of benzene rings is 2. The lowest BCUT2D eigenvalue weighted by molar-refractivity contribution is 0.589. The zero-order valence-corrected chi connectivity index (χ0v) is 12.6. The number of nitrogens with one attached hydrogen (secondary N) is 2. The fraction of sp³-hybridized carbons (Fsp3) is 0.333. The van der Waals surface area contributed by atoms with Gasteiger partial charge in [0.1, 0.15) is 0 Å². The molecule has 0 radical (unpaired) electrons. The van der Waals surface area contributed by atoms with Crippen molar-refractivity contribution in [1.82, 2.24) is 5.32 Å². The molecule has 0 amide bonds. The summed E-state index contributed by atoms with van der Waals surface area (Å²) in [6.07, 6.45) is 0. The molecule has 0 saturated carbocycles. The normalized spacial score (nSPS) is 15.0. The van der Waals surface area contributed by atoms with Crippen LogP contribution in [0.25, 0.3) is 0 Å². The van der Waals surface area contributed by atoms with Crippen LogP contribution >= 0.6 is 0 Å². The Labute approximate surface area is 127 Å². The highest BCUT2D eigenvalue weighted by Gasteiger charge is 2.09. The molecule has 1 heterocycles. The number of piperazine rings is 1. The molecule has 2 N–H and O–H groups in total. The van der Waals surface area contributed by atoms with Crippen LogP contribution in [0.3, 0.4) is 0 Å². The summed E-state index contributed by atoms with van der Waals surface area (Å²) in [6, 6.07) is 17.4. The zero-order chi connectivity index (χ0) is 14.5. The van der Waals surface area contributed by atoms with Crippen molar-refractivity contribution in [3.05, 3.63) is 59.7 Å². The van der Waals surface area contributed by atoms with Gasteiger partial charge in [-0.25, -0.2) is 0 Å². The third-order valence-corrected chi connectivity index (χ3v) is 3.97. The highest BCUT2D eigenvalue weighted by atomic mass is 15.2. The molecule has 0 aromatic heterocycles. The van der Waals surface area contributed by atoms with Gasteiger partial charge < -0.3 is 15.5 Å². The van der Waals surface area contributed by atoms with Gasteiger partial charge in [0.05, 0.1) is 0 Å². The van der Waals surface area contributed by atoms with Gasteiger partial charge in [0.15, 0.2) is 0 Å². The lowest BCUT2D eigenvalue weighted by Crippen LogP contribution is -2.43. The Morgan fingerprint density at radius 2 is 1.62 bits per heavy atom. The van der Waals surface area contributed by atoms with Gasteiger partial charge in [0, 0.05) is 44.1 Å². The molecule has 110 valence electrons. The Balaban J connectivity index is 1.57. The van der Waals surface area contributed by atoms with Crippen LogP contribution in [-0.4, -0.2) is 26.2 Å². The van der Waals surface area contributed by atoms with Crippen molar-refractivity contribution < 1.29 is 0 Å². The van der Waals surface area contributed by atoms with Crippen molar-refractivity contribution >= 4 is 11.4 Å². The minimum atomic E-state index is 0.868. The van der Waals surface area contributed by atoms with E-state index in [-0.39, 0.29) is 0 Å². The van der Waals surface area contributed by atoms with Gasteiger partial charge in [-0.05, 0) is 36.8 Å². The highest BCUT2D eigenvalue weighted by molar-refractivity contribution is 5.55. The van der Waals surface area contributed by atoms with Crippen LogP contribution in [0.4, 0.5) is 11.4 Å². The van der Waals surface area contributed by atoms with Crippen LogP contribution in [0, 0.1) is 6.92 Å². The first kappa shape index (κ1) is 14.0. The Morgan fingerprint density at radius 3 is 2.29 bits per heavy atom. The van der Waals surface area contributed by atoms with Crippen molar-refractivity contribution in [2.45, 2.75) is 13.5 Å². The topological polar surface area (TPSA) is 27.3 Å². The third kappa shape index (κ3) is 3.76.